The van der Waals surface area contributed by atoms with Crippen LogP contribution in [-0.2, 0) is 22.6 Å². The van der Waals surface area contributed by atoms with E-state index < -0.39 is 6.10 Å². The Bertz CT molecular complexity index is 585. The summed E-state index contributed by atoms with van der Waals surface area (Å²) in [5, 5.41) is 14.9. The number of amides is 1. The third-order valence-electron chi connectivity index (χ3n) is 5.14. The van der Waals surface area contributed by atoms with E-state index in [0.29, 0.717) is 25.5 Å². The summed E-state index contributed by atoms with van der Waals surface area (Å²) in [6.07, 6.45) is 3.15. The summed E-state index contributed by atoms with van der Waals surface area (Å²) in [7, 11) is 3.70. The molecule has 0 spiro atoms. The number of aliphatic hydroxyl groups excluding tert-OH is 1. The van der Waals surface area contributed by atoms with Gasteiger partial charge >= 0.3 is 0 Å². The molecule has 1 aliphatic heterocycles. The Kier molecular flexibility index (Phi) is 6.09. The molecule has 0 radical (unpaired) electrons. The van der Waals surface area contributed by atoms with Crippen LogP contribution in [0.5, 0.6) is 0 Å². The van der Waals surface area contributed by atoms with Crippen LogP contribution in [-0.4, -0.2) is 71.0 Å². The van der Waals surface area contributed by atoms with E-state index in [4.69, 9.17) is 4.74 Å². The molecule has 1 aromatic heterocycles. The summed E-state index contributed by atoms with van der Waals surface area (Å²) in [6.45, 7) is 4.42. The Morgan fingerprint density at radius 2 is 2.24 bits per heavy atom. The highest BCUT2D eigenvalue weighted by Crippen LogP contribution is 2.40. The normalized spacial score (nSPS) is 19.0. The number of aromatic nitrogens is 2. The first-order chi connectivity index (χ1) is 12.1. The summed E-state index contributed by atoms with van der Waals surface area (Å²) in [5.41, 5.74) is 1.80. The van der Waals surface area contributed by atoms with Crippen molar-refractivity contribution in [3.8, 4) is 0 Å². The van der Waals surface area contributed by atoms with Crippen LogP contribution >= 0.6 is 0 Å². The van der Waals surface area contributed by atoms with Crippen molar-refractivity contribution < 1.29 is 14.6 Å². The van der Waals surface area contributed by atoms with Gasteiger partial charge in [0.2, 0.25) is 5.91 Å². The maximum absolute atomic E-state index is 12.6. The molecule has 1 saturated carbocycles. The highest BCUT2D eigenvalue weighted by Gasteiger charge is 2.33. The second-order valence-corrected chi connectivity index (χ2v) is 7.28. The first-order valence-corrected chi connectivity index (χ1v) is 9.28. The Labute approximate surface area is 149 Å². The lowest BCUT2D eigenvalue weighted by Crippen LogP contribution is -2.34. The molecular weight excluding hydrogens is 320 g/mol. The van der Waals surface area contributed by atoms with Crippen molar-refractivity contribution in [1.29, 1.82) is 0 Å². The number of likely N-dealkylation sites (N-methyl/N-ethyl adjacent to an activating group) is 1. The van der Waals surface area contributed by atoms with Gasteiger partial charge in [0.1, 0.15) is 6.10 Å². The van der Waals surface area contributed by atoms with E-state index in [-0.39, 0.29) is 5.91 Å². The maximum atomic E-state index is 12.6. The minimum absolute atomic E-state index is 0.184. The lowest BCUT2D eigenvalue weighted by molar-refractivity contribution is -0.132. The van der Waals surface area contributed by atoms with Gasteiger partial charge in [-0.1, -0.05) is 0 Å². The van der Waals surface area contributed by atoms with Crippen molar-refractivity contribution in [1.82, 2.24) is 19.6 Å². The zero-order chi connectivity index (χ0) is 17.8. The molecule has 25 heavy (non-hydrogen) atoms. The molecule has 1 unspecified atom stereocenters. The summed E-state index contributed by atoms with van der Waals surface area (Å²) in [5.74, 6) is 0.558. The molecule has 1 atom stereocenters. The fraction of sp³-hybridized carbons (Fsp3) is 0.778. The van der Waals surface area contributed by atoms with Crippen LogP contribution in [0.15, 0.2) is 6.07 Å². The van der Waals surface area contributed by atoms with Crippen LogP contribution in [0.3, 0.4) is 0 Å². The number of fused-ring (bicyclic) bond motifs is 1. The molecule has 1 N–H and O–H groups in total. The van der Waals surface area contributed by atoms with E-state index in [2.05, 4.69) is 10.00 Å². The fourth-order valence-electron chi connectivity index (χ4n) is 3.30. The molecule has 140 valence electrons. The Morgan fingerprint density at radius 1 is 1.44 bits per heavy atom. The standard InChI is InChI=1S/C18H30N4O3/c1-20(10-11-25-2)9-6-17(23)21-7-3-8-22-15(13-21)12-16(19-22)18(24)14-4-5-14/h12,14,18,24H,3-11,13H2,1-2H3. The average Bonchev–Trinajstić information content (AvgIpc) is 3.41. The maximum Gasteiger partial charge on any atom is 0.224 e. The summed E-state index contributed by atoms with van der Waals surface area (Å²) in [6, 6.07) is 1.99. The molecule has 1 amide bonds. The van der Waals surface area contributed by atoms with Gasteiger partial charge in [-0.3, -0.25) is 9.48 Å². The number of carbonyl (C=O) groups is 1. The van der Waals surface area contributed by atoms with Gasteiger partial charge in [-0.2, -0.15) is 5.10 Å². The number of ether oxygens (including phenoxy) is 1. The lowest BCUT2D eigenvalue weighted by atomic mass is 10.1. The quantitative estimate of drug-likeness (QED) is 0.758. The SMILES string of the molecule is COCCN(C)CCC(=O)N1CCCn2nc(C(O)C3CC3)cc2C1. The topological polar surface area (TPSA) is 70.8 Å². The van der Waals surface area contributed by atoms with Crippen molar-refractivity contribution in [2.75, 3.05) is 40.4 Å². The van der Waals surface area contributed by atoms with Crippen molar-refractivity contribution >= 4 is 5.91 Å². The van der Waals surface area contributed by atoms with Crippen molar-refractivity contribution in [2.45, 2.75) is 44.9 Å². The monoisotopic (exact) mass is 350 g/mol. The van der Waals surface area contributed by atoms with Gasteiger partial charge in [-0.25, -0.2) is 0 Å². The van der Waals surface area contributed by atoms with Gasteiger partial charge < -0.3 is 19.6 Å². The Hall–Kier alpha value is -1.44. The second-order valence-electron chi connectivity index (χ2n) is 7.28. The molecule has 1 aromatic rings. The van der Waals surface area contributed by atoms with Crippen molar-refractivity contribution in [3.63, 3.8) is 0 Å². The van der Waals surface area contributed by atoms with Crippen LogP contribution < -0.4 is 0 Å². The Morgan fingerprint density at radius 3 is 2.96 bits per heavy atom. The Balaban J connectivity index is 1.56. The minimum Gasteiger partial charge on any atom is -0.386 e. The van der Waals surface area contributed by atoms with E-state index >= 15 is 0 Å². The van der Waals surface area contributed by atoms with Crippen LogP contribution in [0.25, 0.3) is 0 Å². The number of carbonyl (C=O) groups excluding carboxylic acids is 1. The summed E-state index contributed by atoms with van der Waals surface area (Å²) in [4.78, 5) is 16.6. The lowest BCUT2D eigenvalue weighted by Gasteiger charge is -2.22. The van der Waals surface area contributed by atoms with Crippen LogP contribution in [0, 0.1) is 5.92 Å². The third kappa shape index (κ3) is 4.80. The summed E-state index contributed by atoms with van der Waals surface area (Å²) >= 11 is 0. The molecule has 3 rings (SSSR count). The molecule has 0 aromatic carbocycles. The summed E-state index contributed by atoms with van der Waals surface area (Å²) < 4.78 is 7.04. The fourth-order valence-corrected chi connectivity index (χ4v) is 3.30. The highest BCUT2D eigenvalue weighted by atomic mass is 16.5. The van der Waals surface area contributed by atoms with Gasteiger partial charge in [0.25, 0.3) is 0 Å². The predicted octanol–water partition coefficient (Wildman–Crippen LogP) is 1.03. The number of hydrogen-bond acceptors (Lipinski definition) is 5. The smallest absolute Gasteiger partial charge is 0.224 e. The number of nitrogens with zero attached hydrogens (tertiary/aromatic N) is 4. The first kappa shape index (κ1) is 18.4. The molecule has 7 heteroatoms. The molecule has 7 nitrogen and oxygen atoms in total. The second kappa shape index (κ2) is 8.29. The third-order valence-corrected chi connectivity index (χ3v) is 5.14. The van der Waals surface area contributed by atoms with Gasteiger partial charge in [0.05, 0.1) is 24.5 Å². The van der Waals surface area contributed by atoms with E-state index in [1.54, 1.807) is 7.11 Å². The van der Waals surface area contributed by atoms with Gasteiger partial charge in [0, 0.05) is 39.7 Å². The van der Waals surface area contributed by atoms with Crippen LogP contribution in [0.2, 0.25) is 0 Å². The van der Waals surface area contributed by atoms with Crippen molar-refractivity contribution in [3.05, 3.63) is 17.5 Å². The van der Waals surface area contributed by atoms with Gasteiger partial charge in [-0.15, -0.1) is 0 Å². The van der Waals surface area contributed by atoms with Gasteiger partial charge in [-0.05, 0) is 38.3 Å². The molecule has 0 saturated heterocycles. The molecule has 2 heterocycles. The van der Waals surface area contributed by atoms with Gasteiger partial charge in [0.15, 0.2) is 0 Å². The van der Waals surface area contributed by atoms with Crippen molar-refractivity contribution in [2.24, 2.45) is 5.92 Å². The largest absolute Gasteiger partial charge is 0.386 e. The zero-order valence-electron chi connectivity index (χ0n) is 15.4. The highest BCUT2D eigenvalue weighted by molar-refractivity contribution is 5.76. The molecule has 0 bridgehead atoms. The number of aryl methyl sites for hydroxylation is 1. The molecule has 1 aliphatic carbocycles. The predicted molar refractivity (Wildman–Crippen MR) is 93.9 cm³/mol. The average molecular weight is 350 g/mol. The number of aliphatic hydroxyl groups is 1. The first-order valence-electron chi connectivity index (χ1n) is 9.28. The van der Waals surface area contributed by atoms with E-state index in [1.807, 2.05) is 22.7 Å². The number of rotatable bonds is 8. The van der Waals surface area contributed by atoms with E-state index in [1.165, 1.54) is 0 Å². The molecule has 2 aliphatic rings. The van der Waals surface area contributed by atoms with E-state index in [9.17, 15) is 9.90 Å². The molecule has 1 fully saturated rings. The van der Waals surface area contributed by atoms with Crippen LogP contribution in [0.4, 0.5) is 0 Å². The van der Waals surface area contributed by atoms with Crippen LogP contribution in [0.1, 0.15) is 43.2 Å². The zero-order valence-corrected chi connectivity index (χ0v) is 15.4. The molecular formula is C18H30N4O3. The minimum atomic E-state index is -0.446. The number of methoxy groups -OCH3 is 1. The van der Waals surface area contributed by atoms with E-state index in [0.717, 1.165) is 56.8 Å². The number of hydrogen-bond donors (Lipinski definition) is 1.